The number of benzene rings is 2. The zero-order chi connectivity index (χ0) is 16.2. The van der Waals surface area contributed by atoms with Crippen LogP contribution in [0, 0.1) is 6.92 Å². The van der Waals surface area contributed by atoms with Crippen LogP contribution in [0.25, 0.3) is 0 Å². The van der Waals surface area contributed by atoms with E-state index in [9.17, 15) is 8.42 Å². The van der Waals surface area contributed by atoms with Crippen LogP contribution in [-0.2, 0) is 10.0 Å². The highest BCUT2D eigenvalue weighted by Gasteiger charge is 2.07. The Morgan fingerprint density at radius 3 is 2.45 bits per heavy atom. The van der Waals surface area contributed by atoms with Crippen LogP contribution in [0.4, 0.5) is 5.69 Å². The summed E-state index contributed by atoms with van der Waals surface area (Å²) in [7, 11) is -3.67. The van der Waals surface area contributed by atoms with E-state index in [2.05, 4.69) is 5.32 Å². The van der Waals surface area contributed by atoms with Crippen molar-refractivity contribution >= 4 is 27.3 Å². The molecule has 0 spiro atoms. The number of halogens is 1. The molecule has 0 amide bonds. The number of primary sulfonamides is 1. The first kappa shape index (κ1) is 16.6. The number of nitrogens with one attached hydrogen (secondary N) is 1. The SMILES string of the molecule is Cc1ccc(NCCOc2ccc(S(N)(=O)=O)cc2)c(Cl)c1. The van der Waals surface area contributed by atoms with Gasteiger partial charge in [-0.25, -0.2) is 13.6 Å². The van der Waals surface area contributed by atoms with E-state index in [4.69, 9.17) is 21.5 Å². The Kier molecular flexibility index (Phi) is 5.28. The molecule has 0 aliphatic carbocycles. The highest BCUT2D eigenvalue weighted by atomic mass is 35.5. The fourth-order valence-corrected chi connectivity index (χ4v) is 2.66. The molecule has 7 heteroatoms. The Morgan fingerprint density at radius 2 is 1.86 bits per heavy atom. The zero-order valence-corrected chi connectivity index (χ0v) is 13.6. The quantitative estimate of drug-likeness (QED) is 0.792. The number of sulfonamides is 1. The molecule has 0 saturated heterocycles. The minimum absolute atomic E-state index is 0.0596. The first-order valence-corrected chi connectivity index (χ1v) is 8.54. The zero-order valence-electron chi connectivity index (χ0n) is 12.0. The lowest BCUT2D eigenvalue weighted by Crippen LogP contribution is -2.13. The molecular weight excluding hydrogens is 324 g/mol. The van der Waals surface area contributed by atoms with E-state index in [0.29, 0.717) is 23.9 Å². The standard InChI is InChI=1S/C15H17ClN2O3S/c1-11-2-7-15(14(16)10-11)18-8-9-21-12-3-5-13(6-4-12)22(17,19)20/h2-7,10,18H,8-9H2,1H3,(H2,17,19,20). The van der Waals surface area contributed by atoms with Crippen molar-refractivity contribution in [2.75, 3.05) is 18.5 Å². The van der Waals surface area contributed by atoms with Crippen molar-refractivity contribution in [1.82, 2.24) is 0 Å². The molecule has 0 fully saturated rings. The molecular formula is C15H17ClN2O3S. The fourth-order valence-electron chi connectivity index (χ4n) is 1.84. The van der Waals surface area contributed by atoms with Crippen LogP contribution in [0.2, 0.25) is 5.02 Å². The molecule has 3 N–H and O–H groups in total. The van der Waals surface area contributed by atoms with Crippen LogP contribution in [0.1, 0.15) is 5.56 Å². The van der Waals surface area contributed by atoms with Gasteiger partial charge in [-0.05, 0) is 48.9 Å². The van der Waals surface area contributed by atoms with Crippen molar-refractivity contribution < 1.29 is 13.2 Å². The van der Waals surface area contributed by atoms with Gasteiger partial charge in [0.25, 0.3) is 0 Å². The molecule has 0 aliphatic rings. The third kappa shape index (κ3) is 4.62. The molecule has 0 saturated carbocycles. The van der Waals surface area contributed by atoms with Gasteiger partial charge < -0.3 is 10.1 Å². The largest absolute Gasteiger partial charge is 0.492 e. The summed E-state index contributed by atoms with van der Waals surface area (Å²) in [6, 6.07) is 11.7. The van der Waals surface area contributed by atoms with Crippen molar-refractivity contribution in [3.8, 4) is 5.75 Å². The number of nitrogens with two attached hydrogens (primary N) is 1. The number of ether oxygens (including phenoxy) is 1. The molecule has 2 rings (SSSR count). The summed E-state index contributed by atoms with van der Waals surface area (Å²) < 4.78 is 27.8. The van der Waals surface area contributed by atoms with Crippen LogP contribution < -0.4 is 15.2 Å². The monoisotopic (exact) mass is 340 g/mol. The van der Waals surface area contributed by atoms with Gasteiger partial charge >= 0.3 is 0 Å². The highest BCUT2D eigenvalue weighted by molar-refractivity contribution is 7.89. The van der Waals surface area contributed by atoms with Gasteiger partial charge in [-0.15, -0.1) is 0 Å². The predicted molar refractivity (Wildman–Crippen MR) is 88.0 cm³/mol. The van der Waals surface area contributed by atoms with Gasteiger partial charge in [0.15, 0.2) is 0 Å². The van der Waals surface area contributed by atoms with Crippen molar-refractivity contribution in [3.05, 3.63) is 53.1 Å². The molecule has 0 aliphatic heterocycles. The second kappa shape index (κ2) is 7.00. The number of rotatable bonds is 6. The molecule has 0 unspecified atom stereocenters. The molecule has 0 radical (unpaired) electrons. The van der Waals surface area contributed by atoms with Crippen LogP contribution in [0.15, 0.2) is 47.4 Å². The van der Waals surface area contributed by atoms with E-state index in [1.54, 1.807) is 12.1 Å². The number of hydrogen-bond donors (Lipinski definition) is 2. The van der Waals surface area contributed by atoms with E-state index < -0.39 is 10.0 Å². The number of hydrogen-bond acceptors (Lipinski definition) is 4. The molecule has 0 bridgehead atoms. The van der Waals surface area contributed by atoms with E-state index in [1.807, 2.05) is 25.1 Å². The van der Waals surface area contributed by atoms with Crippen molar-refractivity contribution in [3.63, 3.8) is 0 Å². The van der Waals surface area contributed by atoms with E-state index in [0.717, 1.165) is 11.3 Å². The highest BCUT2D eigenvalue weighted by Crippen LogP contribution is 2.22. The first-order chi connectivity index (χ1) is 10.4. The van der Waals surface area contributed by atoms with Gasteiger partial charge in [0, 0.05) is 6.54 Å². The maximum absolute atomic E-state index is 11.1. The average Bonchev–Trinajstić information content (AvgIpc) is 2.45. The van der Waals surface area contributed by atoms with Crippen LogP contribution in [0.3, 0.4) is 0 Å². The maximum Gasteiger partial charge on any atom is 0.238 e. The lowest BCUT2D eigenvalue weighted by atomic mass is 10.2. The van der Waals surface area contributed by atoms with Gasteiger partial charge in [-0.1, -0.05) is 17.7 Å². The number of anilines is 1. The van der Waals surface area contributed by atoms with Gasteiger partial charge in [0.2, 0.25) is 10.0 Å². The molecule has 22 heavy (non-hydrogen) atoms. The molecule has 0 atom stereocenters. The Morgan fingerprint density at radius 1 is 1.18 bits per heavy atom. The predicted octanol–water partition coefficient (Wildman–Crippen LogP) is 2.79. The van der Waals surface area contributed by atoms with Gasteiger partial charge in [-0.3, -0.25) is 0 Å². The summed E-state index contributed by atoms with van der Waals surface area (Å²) >= 11 is 6.11. The molecule has 0 heterocycles. The van der Waals surface area contributed by atoms with E-state index in [-0.39, 0.29) is 4.90 Å². The van der Waals surface area contributed by atoms with Crippen LogP contribution in [0.5, 0.6) is 5.75 Å². The second-order valence-corrected chi connectivity index (χ2v) is 6.74. The van der Waals surface area contributed by atoms with E-state index >= 15 is 0 Å². The molecule has 2 aromatic carbocycles. The Hall–Kier alpha value is -1.76. The minimum atomic E-state index is -3.67. The van der Waals surface area contributed by atoms with Crippen molar-refractivity contribution in [2.45, 2.75) is 11.8 Å². The summed E-state index contributed by atoms with van der Waals surface area (Å²) in [4.78, 5) is 0.0596. The third-order valence-corrected chi connectivity index (χ3v) is 4.21. The summed E-state index contributed by atoms with van der Waals surface area (Å²) in [5, 5.41) is 8.86. The Labute approximate surface area is 135 Å². The first-order valence-electron chi connectivity index (χ1n) is 6.62. The molecule has 5 nitrogen and oxygen atoms in total. The summed E-state index contributed by atoms with van der Waals surface area (Å²) in [5.74, 6) is 0.573. The van der Waals surface area contributed by atoms with Gasteiger partial charge in [0.1, 0.15) is 12.4 Å². The summed E-state index contributed by atoms with van der Waals surface area (Å²) in [6.45, 7) is 2.96. The normalized spacial score (nSPS) is 11.2. The van der Waals surface area contributed by atoms with Crippen LogP contribution in [-0.4, -0.2) is 21.6 Å². The van der Waals surface area contributed by atoms with Crippen molar-refractivity contribution in [2.24, 2.45) is 5.14 Å². The smallest absolute Gasteiger partial charge is 0.238 e. The van der Waals surface area contributed by atoms with Crippen molar-refractivity contribution in [1.29, 1.82) is 0 Å². The fraction of sp³-hybridized carbons (Fsp3) is 0.200. The Bertz CT molecular complexity index is 746. The maximum atomic E-state index is 11.1. The lowest BCUT2D eigenvalue weighted by Gasteiger charge is -2.10. The van der Waals surface area contributed by atoms with Gasteiger partial charge in [0.05, 0.1) is 15.6 Å². The molecule has 0 aromatic heterocycles. The Balaban J connectivity index is 1.84. The topological polar surface area (TPSA) is 81.4 Å². The van der Waals surface area contributed by atoms with Crippen LogP contribution >= 0.6 is 11.6 Å². The van der Waals surface area contributed by atoms with Gasteiger partial charge in [-0.2, -0.15) is 0 Å². The second-order valence-electron chi connectivity index (χ2n) is 4.77. The summed E-state index contributed by atoms with van der Waals surface area (Å²) in [5.41, 5.74) is 1.95. The summed E-state index contributed by atoms with van der Waals surface area (Å²) in [6.07, 6.45) is 0. The molecule has 118 valence electrons. The average molecular weight is 341 g/mol. The van der Waals surface area contributed by atoms with E-state index in [1.165, 1.54) is 12.1 Å². The third-order valence-electron chi connectivity index (χ3n) is 2.96. The minimum Gasteiger partial charge on any atom is -0.492 e. The number of aryl methyl sites for hydroxylation is 1. The lowest BCUT2D eigenvalue weighted by molar-refractivity contribution is 0.332. The molecule has 2 aromatic rings.